The highest BCUT2D eigenvalue weighted by molar-refractivity contribution is 5.98. The van der Waals surface area contributed by atoms with Crippen molar-refractivity contribution in [3.8, 4) is 0 Å². The van der Waals surface area contributed by atoms with Crippen molar-refractivity contribution in [1.82, 2.24) is 15.6 Å². The minimum atomic E-state index is -0.0118. The van der Waals surface area contributed by atoms with E-state index in [2.05, 4.69) is 54.6 Å². The largest absolute Gasteiger partial charge is 0.351 e. The fourth-order valence-electron chi connectivity index (χ4n) is 2.95. The molecule has 3 rings (SSSR count). The number of rotatable bonds is 2. The van der Waals surface area contributed by atoms with Crippen LogP contribution < -0.4 is 10.6 Å². The van der Waals surface area contributed by atoms with Crippen LogP contribution in [0.1, 0.15) is 49.7 Å². The summed E-state index contributed by atoms with van der Waals surface area (Å²) < 4.78 is 0. The van der Waals surface area contributed by atoms with Crippen LogP contribution in [-0.4, -0.2) is 30.0 Å². The smallest absolute Gasteiger partial charge is 0.267 e. The number of benzene rings is 1. The van der Waals surface area contributed by atoms with Crippen LogP contribution in [0.3, 0.4) is 0 Å². The van der Waals surface area contributed by atoms with E-state index in [0.717, 1.165) is 36.8 Å². The fourth-order valence-corrected chi connectivity index (χ4v) is 2.95. The van der Waals surface area contributed by atoms with Gasteiger partial charge >= 0.3 is 0 Å². The van der Waals surface area contributed by atoms with Crippen LogP contribution in [0.2, 0.25) is 0 Å². The van der Waals surface area contributed by atoms with Crippen molar-refractivity contribution in [1.29, 1.82) is 0 Å². The van der Waals surface area contributed by atoms with Crippen molar-refractivity contribution in [3.63, 3.8) is 0 Å². The number of piperidine rings is 1. The van der Waals surface area contributed by atoms with Crippen LogP contribution in [-0.2, 0) is 5.41 Å². The number of amides is 1. The van der Waals surface area contributed by atoms with E-state index in [1.807, 2.05) is 6.07 Å². The molecular weight excluding hydrogens is 274 g/mol. The summed E-state index contributed by atoms with van der Waals surface area (Å²) in [5.41, 5.74) is 3.05. The van der Waals surface area contributed by atoms with E-state index in [1.54, 1.807) is 0 Å². The monoisotopic (exact) mass is 299 g/mol. The molecule has 1 aliphatic heterocycles. The minimum Gasteiger partial charge on any atom is -0.351 e. The van der Waals surface area contributed by atoms with E-state index in [1.165, 1.54) is 5.56 Å². The van der Waals surface area contributed by atoms with Crippen molar-refractivity contribution in [2.75, 3.05) is 13.1 Å². The summed E-state index contributed by atoms with van der Waals surface area (Å²) in [6.45, 7) is 8.50. The van der Waals surface area contributed by atoms with Gasteiger partial charge in [-0.25, -0.2) is 0 Å². The third-order valence-corrected chi connectivity index (χ3v) is 4.37. The summed E-state index contributed by atoms with van der Waals surface area (Å²) in [5, 5.41) is 7.51. The second kappa shape index (κ2) is 5.76. The Kier molecular flexibility index (Phi) is 3.96. The number of aromatic nitrogens is 1. The van der Waals surface area contributed by atoms with Gasteiger partial charge in [-0.1, -0.05) is 32.9 Å². The third kappa shape index (κ3) is 3.17. The Balaban J connectivity index is 1.80. The summed E-state index contributed by atoms with van der Waals surface area (Å²) in [4.78, 5) is 15.7. The van der Waals surface area contributed by atoms with Crippen LogP contribution in [0.5, 0.6) is 0 Å². The van der Waals surface area contributed by atoms with Gasteiger partial charge in [-0.2, -0.15) is 0 Å². The lowest BCUT2D eigenvalue weighted by Crippen LogP contribution is -2.45. The van der Waals surface area contributed by atoms with Crippen LogP contribution in [0, 0.1) is 0 Å². The highest BCUT2D eigenvalue weighted by Crippen LogP contribution is 2.26. The molecule has 0 radical (unpaired) electrons. The molecule has 0 saturated carbocycles. The Labute approximate surface area is 131 Å². The van der Waals surface area contributed by atoms with Gasteiger partial charge < -0.3 is 15.6 Å². The number of carbonyl (C=O) groups excluding carboxylic acids is 1. The molecule has 0 spiro atoms. The zero-order valence-electron chi connectivity index (χ0n) is 13.6. The van der Waals surface area contributed by atoms with Crippen LogP contribution >= 0.6 is 0 Å². The molecule has 1 aromatic carbocycles. The number of aromatic amines is 1. The van der Waals surface area contributed by atoms with Gasteiger partial charge in [0.2, 0.25) is 0 Å². The molecule has 4 nitrogen and oxygen atoms in total. The molecule has 1 amide bonds. The van der Waals surface area contributed by atoms with Crippen LogP contribution in [0.25, 0.3) is 10.9 Å². The van der Waals surface area contributed by atoms with Crippen molar-refractivity contribution in [2.24, 2.45) is 0 Å². The van der Waals surface area contributed by atoms with E-state index in [-0.39, 0.29) is 17.4 Å². The normalized spacial score (nSPS) is 19.3. The number of carbonyl (C=O) groups is 1. The van der Waals surface area contributed by atoms with Crippen molar-refractivity contribution >= 4 is 16.8 Å². The predicted molar refractivity (Wildman–Crippen MR) is 90.4 cm³/mol. The molecule has 1 unspecified atom stereocenters. The lowest BCUT2D eigenvalue weighted by molar-refractivity contribution is 0.0926. The standard InChI is InChI=1S/C18H25N3O/c1-18(2,3)13-7-6-12-9-16(21-15(12)10-13)17(22)20-14-5-4-8-19-11-14/h6-7,9-10,14,19,21H,4-5,8,11H2,1-3H3,(H,20,22). The molecule has 1 fully saturated rings. The summed E-state index contributed by atoms with van der Waals surface area (Å²) >= 11 is 0. The first-order valence-corrected chi connectivity index (χ1v) is 8.08. The molecule has 118 valence electrons. The topological polar surface area (TPSA) is 56.9 Å². The number of fused-ring (bicyclic) bond motifs is 1. The molecule has 0 aliphatic carbocycles. The summed E-state index contributed by atoms with van der Waals surface area (Å²) in [6.07, 6.45) is 2.17. The Morgan fingerprint density at radius 2 is 2.09 bits per heavy atom. The lowest BCUT2D eigenvalue weighted by Gasteiger charge is -2.23. The molecule has 0 bridgehead atoms. The van der Waals surface area contributed by atoms with Gasteiger partial charge in [0.05, 0.1) is 0 Å². The predicted octanol–water partition coefficient (Wildman–Crippen LogP) is 2.95. The van der Waals surface area contributed by atoms with Gasteiger partial charge in [0.25, 0.3) is 5.91 Å². The first-order valence-electron chi connectivity index (χ1n) is 8.08. The molecule has 2 heterocycles. The summed E-state index contributed by atoms with van der Waals surface area (Å²) in [6, 6.07) is 8.55. The Morgan fingerprint density at radius 1 is 1.27 bits per heavy atom. The van der Waals surface area contributed by atoms with E-state index < -0.39 is 0 Å². The van der Waals surface area contributed by atoms with E-state index in [4.69, 9.17) is 0 Å². The van der Waals surface area contributed by atoms with E-state index in [0.29, 0.717) is 5.69 Å². The Morgan fingerprint density at radius 3 is 2.77 bits per heavy atom. The number of H-pyrrole nitrogens is 1. The van der Waals surface area contributed by atoms with Gasteiger partial charge in [0, 0.05) is 23.5 Å². The van der Waals surface area contributed by atoms with Crippen LogP contribution in [0.4, 0.5) is 0 Å². The van der Waals surface area contributed by atoms with E-state index in [9.17, 15) is 4.79 Å². The third-order valence-electron chi connectivity index (χ3n) is 4.37. The maximum absolute atomic E-state index is 12.4. The molecule has 1 aliphatic rings. The second-order valence-corrected chi connectivity index (χ2v) is 7.25. The average Bonchev–Trinajstić information content (AvgIpc) is 2.90. The first-order chi connectivity index (χ1) is 10.4. The van der Waals surface area contributed by atoms with Crippen molar-refractivity contribution in [3.05, 3.63) is 35.5 Å². The highest BCUT2D eigenvalue weighted by Gasteiger charge is 2.19. The maximum atomic E-state index is 12.4. The SMILES string of the molecule is CC(C)(C)c1ccc2cc(C(=O)NC3CCCNC3)[nH]c2c1. The molecular formula is C18H25N3O. The van der Waals surface area contributed by atoms with Crippen molar-refractivity contribution < 1.29 is 4.79 Å². The zero-order valence-corrected chi connectivity index (χ0v) is 13.6. The van der Waals surface area contributed by atoms with Crippen molar-refractivity contribution in [2.45, 2.75) is 45.1 Å². The van der Waals surface area contributed by atoms with Gasteiger partial charge in [-0.15, -0.1) is 0 Å². The zero-order chi connectivity index (χ0) is 15.7. The van der Waals surface area contributed by atoms with Gasteiger partial charge in [0.1, 0.15) is 5.69 Å². The Hall–Kier alpha value is -1.81. The van der Waals surface area contributed by atoms with Gasteiger partial charge in [0.15, 0.2) is 0 Å². The number of nitrogens with one attached hydrogen (secondary N) is 3. The molecule has 1 atom stereocenters. The molecule has 1 saturated heterocycles. The summed E-state index contributed by atoms with van der Waals surface area (Å²) in [5.74, 6) is -0.0118. The molecule has 22 heavy (non-hydrogen) atoms. The van der Waals surface area contributed by atoms with Gasteiger partial charge in [-0.3, -0.25) is 4.79 Å². The number of hydrogen-bond donors (Lipinski definition) is 3. The number of hydrogen-bond acceptors (Lipinski definition) is 2. The van der Waals surface area contributed by atoms with Crippen LogP contribution in [0.15, 0.2) is 24.3 Å². The first kappa shape index (κ1) is 15.1. The second-order valence-electron chi connectivity index (χ2n) is 7.25. The van der Waals surface area contributed by atoms with Gasteiger partial charge in [-0.05, 0) is 42.5 Å². The average molecular weight is 299 g/mol. The quantitative estimate of drug-likeness (QED) is 0.798. The molecule has 4 heteroatoms. The maximum Gasteiger partial charge on any atom is 0.267 e. The van der Waals surface area contributed by atoms with E-state index >= 15 is 0 Å². The highest BCUT2D eigenvalue weighted by atomic mass is 16.1. The molecule has 3 N–H and O–H groups in total. The molecule has 1 aromatic heterocycles. The lowest BCUT2D eigenvalue weighted by atomic mass is 9.87. The summed E-state index contributed by atoms with van der Waals surface area (Å²) in [7, 11) is 0. The fraction of sp³-hybridized carbons (Fsp3) is 0.500. The minimum absolute atomic E-state index is 0.0118. The molecule has 2 aromatic rings. The Bertz CT molecular complexity index is 675.